The number of amides is 1. The maximum Gasteiger partial charge on any atom is 0.223 e. The maximum absolute atomic E-state index is 13.3. The molecule has 0 aliphatic carbocycles. The Hall–Kier alpha value is -3.40. The zero-order valence-corrected chi connectivity index (χ0v) is 18.3. The minimum atomic E-state index is 0.0972. The first-order valence-corrected chi connectivity index (χ1v) is 11.6. The van der Waals surface area contributed by atoms with E-state index in [0.29, 0.717) is 12.3 Å². The number of nitrogens with zero attached hydrogens (tertiary/aromatic N) is 3. The Morgan fingerprint density at radius 3 is 2.09 bits per heavy atom. The minimum Gasteiger partial charge on any atom is -0.343 e. The van der Waals surface area contributed by atoms with Crippen LogP contribution < -0.4 is 0 Å². The maximum atomic E-state index is 13.3. The van der Waals surface area contributed by atoms with Crippen LogP contribution >= 0.6 is 0 Å². The predicted octanol–water partition coefficient (Wildman–Crippen LogP) is 5.50. The molecule has 5 rings (SSSR count). The predicted molar refractivity (Wildman–Crippen MR) is 128 cm³/mol. The molecule has 0 spiro atoms. The lowest BCUT2D eigenvalue weighted by molar-refractivity contribution is -0.132. The van der Waals surface area contributed by atoms with Crippen molar-refractivity contribution >= 4 is 16.9 Å². The van der Waals surface area contributed by atoms with Crippen molar-refractivity contribution in [1.82, 2.24) is 14.5 Å². The summed E-state index contributed by atoms with van der Waals surface area (Å²) >= 11 is 0. The van der Waals surface area contributed by atoms with Crippen molar-refractivity contribution in [3.63, 3.8) is 0 Å². The number of hydrogen-bond donors (Lipinski definition) is 0. The van der Waals surface area contributed by atoms with Crippen LogP contribution in [0.2, 0.25) is 0 Å². The topological polar surface area (TPSA) is 38.1 Å². The summed E-state index contributed by atoms with van der Waals surface area (Å²) in [7, 11) is 0. The van der Waals surface area contributed by atoms with Gasteiger partial charge in [0.25, 0.3) is 0 Å². The Labute approximate surface area is 189 Å². The van der Waals surface area contributed by atoms with Gasteiger partial charge in [-0.1, -0.05) is 72.8 Å². The van der Waals surface area contributed by atoms with Gasteiger partial charge in [0, 0.05) is 32.0 Å². The second-order valence-corrected chi connectivity index (χ2v) is 8.79. The van der Waals surface area contributed by atoms with Crippen molar-refractivity contribution in [3.8, 4) is 0 Å². The molecule has 32 heavy (non-hydrogen) atoms. The highest BCUT2D eigenvalue weighted by molar-refractivity contribution is 5.78. The van der Waals surface area contributed by atoms with Crippen molar-refractivity contribution in [2.75, 3.05) is 13.1 Å². The molecule has 0 unspecified atom stereocenters. The molecule has 1 amide bonds. The summed E-state index contributed by atoms with van der Waals surface area (Å²) in [6.45, 7) is 2.65. The molecule has 0 N–H and O–H groups in total. The highest BCUT2D eigenvalue weighted by atomic mass is 16.2. The fraction of sp³-hybridized carbons (Fsp3) is 0.286. The summed E-state index contributed by atoms with van der Waals surface area (Å²) in [5, 5.41) is 0. The normalized spacial score (nSPS) is 14.8. The third-order valence-corrected chi connectivity index (χ3v) is 6.73. The number of likely N-dealkylation sites (tertiary alicyclic amines) is 1. The number of hydrogen-bond acceptors (Lipinski definition) is 2. The SMILES string of the molecule is O=C(CC(c1ccccc1)c1ccccc1)N1CCC(Cn2cnc3ccccc32)CC1. The fourth-order valence-electron chi connectivity index (χ4n) is 4.90. The average Bonchev–Trinajstić information content (AvgIpc) is 3.27. The van der Waals surface area contributed by atoms with Gasteiger partial charge in [-0.2, -0.15) is 0 Å². The van der Waals surface area contributed by atoms with E-state index in [1.165, 1.54) is 16.6 Å². The van der Waals surface area contributed by atoms with Crippen LogP contribution in [0.15, 0.2) is 91.3 Å². The van der Waals surface area contributed by atoms with Crippen LogP contribution in [0.1, 0.15) is 36.3 Å². The van der Waals surface area contributed by atoms with Crippen LogP contribution in [0.4, 0.5) is 0 Å². The number of fused-ring (bicyclic) bond motifs is 1. The van der Waals surface area contributed by atoms with Gasteiger partial charge >= 0.3 is 0 Å². The number of carbonyl (C=O) groups excluding carboxylic acids is 1. The summed E-state index contributed by atoms with van der Waals surface area (Å²) in [5.74, 6) is 0.935. The van der Waals surface area contributed by atoms with Gasteiger partial charge in [-0.25, -0.2) is 4.98 Å². The van der Waals surface area contributed by atoms with Crippen LogP contribution in [-0.2, 0) is 11.3 Å². The van der Waals surface area contributed by atoms with Crippen LogP contribution in [0.5, 0.6) is 0 Å². The van der Waals surface area contributed by atoms with Gasteiger partial charge in [0.15, 0.2) is 0 Å². The molecule has 1 fully saturated rings. The van der Waals surface area contributed by atoms with Crippen LogP contribution in [0, 0.1) is 5.92 Å². The van der Waals surface area contributed by atoms with E-state index in [1.807, 2.05) is 24.5 Å². The third-order valence-electron chi connectivity index (χ3n) is 6.73. The van der Waals surface area contributed by atoms with Crippen molar-refractivity contribution in [2.24, 2.45) is 5.92 Å². The molecule has 162 valence electrons. The molecule has 0 atom stereocenters. The van der Waals surface area contributed by atoms with Gasteiger partial charge in [0.05, 0.1) is 17.4 Å². The Balaban J connectivity index is 1.22. The summed E-state index contributed by atoms with van der Waals surface area (Å²) in [6.07, 6.45) is 4.55. The highest BCUT2D eigenvalue weighted by Gasteiger charge is 2.26. The van der Waals surface area contributed by atoms with Gasteiger partial charge in [0.1, 0.15) is 0 Å². The molecule has 0 bridgehead atoms. The Bertz CT molecular complexity index is 1120. The second kappa shape index (κ2) is 9.39. The Morgan fingerprint density at radius 1 is 0.844 bits per heavy atom. The highest BCUT2D eigenvalue weighted by Crippen LogP contribution is 2.30. The monoisotopic (exact) mass is 423 g/mol. The quantitative estimate of drug-likeness (QED) is 0.411. The van der Waals surface area contributed by atoms with E-state index in [1.54, 1.807) is 0 Å². The average molecular weight is 424 g/mol. The van der Waals surface area contributed by atoms with E-state index in [4.69, 9.17) is 0 Å². The molecule has 4 nitrogen and oxygen atoms in total. The lowest BCUT2D eigenvalue weighted by atomic mass is 9.87. The number of para-hydroxylation sites is 2. The first-order chi connectivity index (χ1) is 15.8. The molecule has 1 saturated heterocycles. The summed E-state index contributed by atoms with van der Waals surface area (Å²) in [6, 6.07) is 29.1. The standard InChI is InChI=1S/C28H29N3O/c32-28(19-25(23-9-3-1-4-10-23)24-11-5-2-6-12-24)30-17-15-22(16-18-30)20-31-21-29-26-13-7-8-14-27(26)31/h1-14,21-22,25H,15-20H2. The van der Waals surface area contributed by atoms with E-state index < -0.39 is 0 Å². The van der Waals surface area contributed by atoms with E-state index in [0.717, 1.165) is 38.0 Å². The molecule has 1 aliphatic heterocycles. The molecular weight excluding hydrogens is 394 g/mol. The lowest BCUT2D eigenvalue weighted by Crippen LogP contribution is -2.39. The first-order valence-electron chi connectivity index (χ1n) is 11.6. The lowest BCUT2D eigenvalue weighted by Gasteiger charge is -2.33. The molecule has 2 heterocycles. The fourth-order valence-corrected chi connectivity index (χ4v) is 4.90. The van der Waals surface area contributed by atoms with Crippen molar-refractivity contribution in [1.29, 1.82) is 0 Å². The molecule has 0 saturated carbocycles. The molecule has 4 heteroatoms. The minimum absolute atomic E-state index is 0.0972. The number of imidazole rings is 1. The van der Waals surface area contributed by atoms with Crippen molar-refractivity contribution < 1.29 is 4.79 Å². The smallest absolute Gasteiger partial charge is 0.223 e. The van der Waals surface area contributed by atoms with E-state index >= 15 is 0 Å². The molecule has 1 aliphatic rings. The third kappa shape index (κ3) is 4.45. The Morgan fingerprint density at radius 2 is 1.44 bits per heavy atom. The first kappa shape index (κ1) is 20.5. The molecule has 1 aromatic heterocycles. The van der Waals surface area contributed by atoms with Gasteiger partial charge in [-0.05, 0) is 42.0 Å². The largest absolute Gasteiger partial charge is 0.343 e. The van der Waals surface area contributed by atoms with Gasteiger partial charge in [0.2, 0.25) is 5.91 Å². The van der Waals surface area contributed by atoms with Gasteiger partial charge in [-0.3, -0.25) is 4.79 Å². The zero-order chi connectivity index (χ0) is 21.8. The number of piperidine rings is 1. The summed E-state index contributed by atoms with van der Waals surface area (Å²) < 4.78 is 2.26. The second-order valence-electron chi connectivity index (χ2n) is 8.79. The Kier molecular flexibility index (Phi) is 6.02. The summed E-state index contributed by atoms with van der Waals surface area (Å²) in [5.41, 5.74) is 4.65. The molecular formula is C28H29N3O. The molecule has 4 aromatic rings. The van der Waals surface area contributed by atoms with Crippen LogP contribution in [0.3, 0.4) is 0 Å². The van der Waals surface area contributed by atoms with E-state index in [9.17, 15) is 4.79 Å². The number of carbonyl (C=O) groups is 1. The van der Waals surface area contributed by atoms with Crippen LogP contribution in [0.25, 0.3) is 11.0 Å². The molecule has 3 aromatic carbocycles. The van der Waals surface area contributed by atoms with Gasteiger partial charge in [-0.15, -0.1) is 0 Å². The number of aromatic nitrogens is 2. The summed E-state index contributed by atoms with van der Waals surface area (Å²) in [4.78, 5) is 19.9. The number of rotatable bonds is 6. The van der Waals surface area contributed by atoms with E-state index in [2.05, 4.69) is 81.2 Å². The zero-order valence-electron chi connectivity index (χ0n) is 18.3. The van der Waals surface area contributed by atoms with Crippen LogP contribution in [-0.4, -0.2) is 33.4 Å². The van der Waals surface area contributed by atoms with Crippen molar-refractivity contribution in [3.05, 3.63) is 102 Å². The van der Waals surface area contributed by atoms with Crippen molar-refractivity contribution in [2.45, 2.75) is 31.7 Å². The van der Waals surface area contributed by atoms with E-state index in [-0.39, 0.29) is 11.8 Å². The number of benzene rings is 3. The van der Waals surface area contributed by atoms with Gasteiger partial charge < -0.3 is 9.47 Å². The molecule has 0 radical (unpaired) electrons.